The molecule has 0 saturated carbocycles. The van der Waals surface area contributed by atoms with Gasteiger partial charge in [-0.1, -0.05) is 0 Å². The van der Waals surface area contributed by atoms with Crippen LogP contribution in [0, 0.1) is 11.3 Å². The number of benzene rings is 2. The molecule has 0 aromatic heterocycles. The highest BCUT2D eigenvalue weighted by Crippen LogP contribution is 2.25. The van der Waals surface area contributed by atoms with Crippen LogP contribution < -0.4 is 9.64 Å². The van der Waals surface area contributed by atoms with Crippen LogP contribution in [0.15, 0.2) is 57.4 Å². The summed E-state index contributed by atoms with van der Waals surface area (Å²) in [6, 6.07) is 16.0. The summed E-state index contributed by atoms with van der Waals surface area (Å²) in [6.07, 6.45) is 2.70. The summed E-state index contributed by atoms with van der Waals surface area (Å²) >= 11 is 0. The van der Waals surface area contributed by atoms with Gasteiger partial charge in [-0.3, -0.25) is 9.69 Å². The van der Waals surface area contributed by atoms with Crippen molar-refractivity contribution in [2.75, 3.05) is 64.0 Å². The second kappa shape index (κ2) is 13.5. The van der Waals surface area contributed by atoms with Crippen LogP contribution in [0.25, 0.3) is 0 Å². The summed E-state index contributed by atoms with van der Waals surface area (Å²) in [4.78, 5) is 31.2. The Morgan fingerprint density at radius 2 is 1.93 bits per heavy atom. The number of anilines is 1. The second-order valence-corrected chi connectivity index (χ2v) is 10.3. The van der Waals surface area contributed by atoms with Crippen molar-refractivity contribution in [1.82, 2.24) is 9.80 Å². The van der Waals surface area contributed by atoms with Crippen molar-refractivity contribution >= 4 is 36.2 Å². The van der Waals surface area contributed by atoms with E-state index in [1.165, 1.54) is 12.0 Å². The monoisotopic (exact) mass is 557 g/mol. The van der Waals surface area contributed by atoms with Gasteiger partial charge in [-0.15, -0.1) is 0 Å². The van der Waals surface area contributed by atoms with Crippen LogP contribution in [0.4, 0.5) is 11.4 Å². The van der Waals surface area contributed by atoms with Crippen LogP contribution in [-0.2, 0) is 9.53 Å². The first-order chi connectivity index (χ1) is 20.1. The minimum absolute atomic E-state index is 0.256. The van der Waals surface area contributed by atoms with Gasteiger partial charge in [-0.25, -0.2) is 15.0 Å². The standard InChI is InChI=1S/C30H35N7O4/c1-32-30(22-4-9-28(23(15-22)16-31)41-27-3-2-10-37(17-27)29(39)18-38)34-21-33-24-5-7-25(8-6-24)35-11-13-36(14-12-35)26-19-40-20-26/h4-9,15,21,26-27,38H,1-3,10-14,17-20H2/t27-/m1/s1. The molecule has 5 rings (SSSR count). The molecule has 1 atom stereocenters. The molecule has 3 heterocycles. The summed E-state index contributed by atoms with van der Waals surface area (Å²) in [5, 5.41) is 18.9. The minimum atomic E-state index is -0.523. The van der Waals surface area contributed by atoms with Crippen molar-refractivity contribution in [2.45, 2.75) is 25.0 Å². The van der Waals surface area contributed by atoms with Gasteiger partial charge in [0.15, 0.2) is 5.84 Å². The smallest absolute Gasteiger partial charge is 0.248 e. The quantitative estimate of drug-likeness (QED) is 0.390. The Kier molecular flexibility index (Phi) is 9.36. The van der Waals surface area contributed by atoms with Crippen LogP contribution in [0.5, 0.6) is 5.75 Å². The molecular formula is C30H35N7O4. The van der Waals surface area contributed by atoms with Gasteiger partial charge in [0.1, 0.15) is 30.9 Å². The van der Waals surface area contributed by atoms with Gasteiger partial charge >= 0.3 is 0 Å². The van der Waals surface area contributed by atoms with Crippen molar-refractivity contribution in [3.63, 3.8) is 0 Å². The highest BCUT2D eigenvalue weighted by atomic mass is 16.5. The lowest BCUT2D eigenvalue weighted by Crippen LogP contribution is -2.56. The van der Waals surface area contributed by atoms with Gasteiger partial charge in [0.05, 0.1) is 37.1 Å². The van der Waals surface area contributed by atoms with E-state index in [1.54, 1.807) is 23.1 Å². The van der Waals surface area contributed by atoms with Crippen LogP contribution in [0.1, 0.15) is 24.0 Å². The molecule has 11 heteroatoms. The highest BCUT2D eigenvalue weighted by molar-refractivity contribution is 6.05. The van der Waals surface area contributed by atoms with Crippen LogP contribution in [-0.4, -0.2) is 111 Å². The number of likely N-dealkylation sites (tertiary alicyclic amines) is 1. The van der Waals surface area contributed by atoms with E-state index >= 15 is 0 Å². The predicted octanol–water partition coefficient (Wildman–Crippen LogP) is 2.25. The molecule has 2 aromatic carbocycles. The Hall–Kier alpha value is -4.11. The number of rotatable bonds is 8. The van der Waals surface area contributed by atoms with E-state index in [0.29, 0.717) is 41.8 Å². The molecule has 11 nitrogen and oxygen atoms in total. The Morgan fingerprint density at radius 3 is 2.59 bits per heavy atom. The third-order valence-electron chi connectivity index (χ3n) is 7.72. The van der Waals surface area contributed by atoms with Crippen molar-refractivity contribution in [3.05, 3.63) is 53.6 Å². The van der Waals surface area contributed by atoms with Crippen molar-refractivity contribution < 1.29 is 19.4 Å². The summed E-state index contributed by atoms with van der Waals surface area (Å²) in [5.74, 6) is 0.439. The van der Waals surface area contributed by atoms with E-state index < -0.39 is 6.61 Å². The number of piperidine rings is 1. The van der Waals surface area contributed by atoms with Crippen molar-refractivity contribution in [1.29, 1.82) is 5.26 Å². The third kappa shape index (κ3) is 6.97. The fourth-order valence-corrected chi connectivity index (χ4v) is 5.29. The molecule has 0 bridgehead atoms. The van der Waals surface area contributed by atoms with Crippen molar-refractivity contribution in [2.24, 2.45) is 15.0 Å². The lowest BCUT2D eigenvalue weighted by molar-refractivity contribution is -0.136. The topological polar surface area (TPSA) is 126 Å². The number of aliphatic imine (C=N–C) groups is 3. The maximum absolute atomic E-state index is 11.9. The normalized spacial score (nSPS) is 20.5. The third-order valence-corrected chi connectivity index (χ3v) is 7.72. The number of aliphatic hydroxyl groups is 1. The Balaban J connectivity index is 1.19. The number of hydrogen-bond acceptors (Lipinski definition) is 8. The molecule has 0 spiro atoms. The van der Waals surface area contributed by atoms with Crippen molar-refractivity contribution in [3.8, 4) is 11.8 Å². The summed E-state index contributed by atoms with van der Waals surface area (Å²) in [7, 11) is 0. The SMILES string of the molecule is C=NC(=NC=Nc1ccc(N2CCN(C3COC3)CC2)cc1)c1ccc(O[C@@H]2CCCN(C(=O)CO)C2)c(C#N)c1. The Labute approximate surface area is 240 Å². The number of carbonyl (C=O) groups is 1. The first kappa shape index (κ1) is 28.4. The number of nitriles is 1. The average Bonchev–Trinajstić information content (AvgIpc) is 2.99. The van der Waals surface area contributed by atoms with Gasteiger partial charge in [0.25, 0.3) is 0 Å². The average molecular weight is 558 g/mol. The number of amides is 1. The number of piperazine rings is 1. The largest absolute Gasteiger partial charge is 0.487 e. The van der Waals surface area contributed by atoms with E-state index in [2.05, 4.69) is 49.7 Å². The molecule has 0 aliphatic carbocycles. The van der Waals surface area contributed by atoms with Gasteiger partial charge < -0.3 is 24.4 Å². The summed E-state index contributed by atoms with van der Waals surface area (Å²) in [5.41, 5.74) is 2.89. The number of carbonyl (C=O) groups excluding carboxylic acids is 1. The predicted molar refractivity (Wildman–Crippen MR) is 158 cm³/mol. The number of aliphatic hydroxyl groups excluding tert-OH is 1. The molecule has 0 unspecified atom stereocenters. The van der Waals surface area contributed by atoms with Gasteiger partial charge in [-0.2, -0.15) is 5.26 Å². The minimum Gasteiger partial charge on any atom is -0.487 e. The number of ether oxygens (including phenoxy) is 2. The molecule has 3 aliphatic heterocycles. The molecule has 1 N–H and O–H groups in total. The summed E-state index contributed by atoms with van der Waals surface area (Å²) < 4.78 is 11.4. The lowest BCUT2D eigenvalue weighted by Gasteiger charge is -2.43. The molecule has 2 aromatic rings. The Morgan fingerprint density at radius 1 is 1.15 bits per heavy atom. The van der Waals surface area contributed by atoms with E-state index in [9.17, 15) is 10.1 Å². The zero-order valence-electron chi connectivity index (χ0n) is 23.1. The van der Waals surface area contributed by atoms with Crippen LogP contribution in [0.2, 0.25) is 0 Å². The summed E-state index contributed by atoms with van der Waals surface area (Å²) in [6.45, 7) is 9.86. The fraction of sp³-hybridized carbons (Fsp3) is 0.433. The van der Waals surface area contributed by atoms with Crippen LogP contribution in [0.3, 0.4) is 0 Å². The van der Waals surface area contributed by atoms with E-state index in [4.69, 9.17) is 14.6 Å². The maximum atomic E-state index is 11.9. The molecule has 1 amide bonds. The maximum Gasteiger partial charge on any atom is 0.248 e. The first-order valence-electron chi connectivity index (χ1n) is 13.9. The number of amidine groups is 1. The second-order valence-electron chi connectivity index (χ2n) is 10.3. The molecular weight excluding hydrogens is 522 g/mol. The Bertz CT molecular complexity index is 1330. The molecule has 3 saturated heterocycles. The number of hydrogen-bond donors (Lipinski definition) is 1. The van der Waals surface area contributed by atoms with Gasteiger partial charge in [-0.05, 0) is 62.0 Å². The highest BCUT2D eigenvalue weighted by Gasteiger charge is 2.29. The molecule has 214 valence electrons. The van der Waals surface area contributed by atoms with Gasteiger partial charge in [0.2, 0.25) is 5.91 Å². The molecule has 41 heavy (non-hydrogen) atoms. The molecule has 3 fully saturated rings. The van der Waals surface area contributed by atoms with E-state index in [0.717, 1.165) is 57.9 Å². The van der Waals surface area contributed by atoms with Crippen LogP contribution >= 0.6 is 0 Å². The zero-order chi connectivity index (χ0) is 28.6. The van der Waals surface area contributed by atoms with Gasteiger partial charge in [0, 0.05) is 44.0 Å². The molecule has 3 aliphatic rings. The zero-order valence-corrected chi connectivity index (χ0v) is 23.1. The number of nitrogens with zero attached hydrogens (tertiary/aromatic N) is 7. The van der Waals surface area contributed by atoms with E-state index in [-0.39, 0.29) is 12.0 Å². The lowest BCUT2D eigenvalue weighted by atomic mass is 10.1. The fourth-order valence-electron chi connectivity index (χ4n) is 5.29. The van der Waals surface area contributed by atoms with E-state index in [1.807, 2.05) is 12.1 Å². The molecule has 0 radical (unpaired) electrons. The first-order valence-corrected chi connectivity index (χ1v) is 13.9.